The van der Waals surface area contributed by atoms with Crippen LogP contribution < -0.4 is 16.6 Å². The van der Waals surface area contributed by atoms with Gasteiger partial charge in [0.25, 0.3) is 0 Å². The molecule has 0 saturated heterocycles. The van der Waals surface area contributed by atoms with Gasteiger partial charge in [0, 0.05) is 6.54 Å². The molecule has 5 N–H and O–H groups in total. The van der Waals surface area contributed by atoms with Gasteiger partial charge < -0.3 is 15.8 Å². The highest BCUT2D eigenvalue weighted by Gasteiger charge is 2.11. The van der Waals surface area contributed by atoms with Crippen molar-refractivity contribution in [1.82, 2.24) is 4.98 Å². The Morgan fingerprint density at radius 2 is 1.94 bits per heavy atom. The molecule has 1 aromatic rings. The Bertz CT molecular complexity index is 401. The number of hydrogen-bond acceptors (Lipinski definition) is 5. The number of hydrogen-bond donors (Lipinski definition) is 4. The van der Waals surface area contributed by atoms with Gasteiger partial charge in [0.15, 0.2) is 5.82 Å². The first-order valence-corrected chi connectivity index (χ1v) is 6.44. The van der Waals surface area contributed by atoms with E-state index in [1.807, 2.05) is 13.8 Å². The van der Waals surface area contributed by atoms with Gasteiger partial charge in [0.05, 0.1) is 16.1 Å². The van der Waals surface area contributed by atoms with Gasteiger partial charge in [0.1, 0.15) is 5.82 Å². The van der Waals surface area contributed by atoms with Gasteiger partial charge in [-0.1, -0.05) is 37.0 Å². The number of pyridine rings is 1. The largest absolute Gasteiger partial charge is 0.391 e. The predicted molar refractivity (Wildman–Crippen MR) is 76.0 cm³/mol. The maximum Gasteiger partial charge on any atom is 0.161 e. The summed E-state index contributed by atoms with van der Waals surface area (Å²) in [6.45, 7) is 4.47. The standard InChI is InChI=1S/C11H18Cl2N4O/c1-6(2)3-7(18)5-15-10-8(12)4-9(13)11(16-10)17-14/h4,6-7,18H,3,5,14H2,1-2H3,(H2,15,16,17). The molecule has 0 amide bonds. The van der Waals surface area contributed by atoms with E-state index in [9.17, 15) is 5.11 Å². The van der Waals surface area contributed by atoms with E-state index >= 15 is 0 Å². The highest BCUT2D eigenvalue weighted by Crippen LogP contribution is 2.28. The van der Waals surface area contributed by atoms with Crippen LogP contribution in [0.15, 0.2) is 6.07 Å². The Morgan fingerprint density at radius 3 is 2.50 bits per heavy atom. The number of nitrogens with two attached hydrogens (primary N) is 1. The zero-order valence-corrected chi connectivity index (χ0v) is 11.9. The number of halogens is 2. The van der Waals surface area contributed by atoms with Gasteiger partial charge in [-0.2, -0.15) is 0 Å². The van der Waals surface area contributed by atoms with Crippen molar-refractivity contribution in [1.29, 1.82) is 0 Å². The molecular weight excluding hydrogens is 275 g/mol. The Kier molecular flexibility index (Phi) is 5.95. The van der Waals surface area contributed by atoms with Crippen LogP contribution in [0.3, 0.4) is 0 Å². The summed E-state index contributed by atoms with van der Waals surface area (Å²) in [6, 6.07) is 1.54. The summed E-state index contributed by atoms with van der Waals surface area (Å²) in [6.07, 6.45) is 0.257. The van der Waals surface area contributed by atoms with Crippen LogP contribution in [0.25, 0.3) is 0 Å². The number of hydrazine groups is 1. The Hall–Kier alpha value is -0.750. The molecule has 1 unspecified atom stereocenters. The van der Waals surface area contributed by atoms with Crippen molar-refractivity contribution in [3.8, 4) is 0 Å². The minimum Gasteiger partial charge on any atom is -0.391 e. The molecule has 5 nitrogen and oxygen atoms in total. The number of rotatable bonds is 6. The average molecular weight is 293 g/mol. The molecular formula is C11H18Cl2N4O. The minimum atomic E-state index is -0.451. The summed E-state index contributed by atoms with van der Waals surface area (Å²) in [4.78, 5) is 4.12. The topological polar surface area (TPSA) is 83.2 Å². The molecule has 0 aromatic carbocycles. The van der Waals surface area contributed by atoms with Gasteiger partial charge in [-0.25, -0.2) is 10.8 Å². The number of nitrogens with zero attached hydrogens (tertiary/aromatic N) is 1. The van der Waals surface area contributed by atoms with Crippen LogP contribution in [0.2, 0.25) is 10.0 Å². The Morgan fingerprint density at radius 1 is 1.33 bits per heavy atom. The van der Waals surface area contributed by atoms with Crippen LogP contribution in [-0.2, 0) is 0 Å². The summed E-state index contributed by atoms with van der Waals surface area (Å²) in [5.74, 6) is 6.48. The van der Waals surface area contributed by atoms with Crippen molar-refractivity contribution in [2.75, 3.05) is 17.3 Å². The molecule has 1 aromatic heterocycles. The van der Waals surface area contributed by atoms with E-state index < -0.39 is 6.10 Å². The third-order valence-corrected chi connectivity index (χ3v) is 2.89. The van der Waals surface area contributed by atoms with Crippen LogP contribution in [-0.4, -0.2) is 22.7 Å². The zero-order valence-electron chi connectivity index (χ0n) is 10.4. The number of aromatic nitrogens is 1. The monoisotopic (exact) mass is 292 g/mol. The van der Waals surface area contributed by atoms with Crippen molar-refractivity contribution < 1.29 is 5.11 Å². The molecule has 1 atom stereocenters. The molecule has 102 valence electrons. The summed E-state index contributed by atoms with van der Waals surface area (Å²) in [7, 11) is 0. The molecule has 0 spiro atoms. The third-order valence-electron chi connectivity index (χ3n) is 2.31. The van der Waals surface area contributed by atoms with Gasteiger partial charge in [-0.05, 0) is 18.4 Å². The lowest BCUT2D eigenvalue weighted by atomic mass is 10.1. The van der Waals surface area contributed by atoms with Crippen molar-refractivity contribution in [3.05, 3.63) is 16.1 Å². The minimum absolute atomic E-state index is 0.335. The Balaban J connectivity index is 2.67. The first kappa shape index (κ1) is 15.3. The lowest BCUT2D eigenvalue weighted by molar-refractivity contribution is 0.161. The molecule has 0 aliphatic heterocycles. The maximum absolute atomic E-state index is 9.75. The summed E-state index contributed by atoms with van der Waals surface area (Å²) < 4.78 is 0. The fourth-order valence-corrected chi connectivity index (χ4v) is 2.01. The molecule has 1 rings (SSSR count). The molecule has 0 fully saturated rings. The smallest absolute Gasteiger partial charge is 0.161 e. The van der Waals surface area contributed by atoms with Gasteiger partial charge in [-0.15, -0.1) is 0 Å². The van der Waals surface area contributed by atoms with E-state index in [2.05, 4.69) is 15.7 Å². The van der Waals surface area contributed by atoms with Crippen LogP contribution in [0.4, 0.5) is 11.6 Å². The first-order valence-electron chi connectivity index (χ1n) is 5.68. The fraction of sp³-hybridized carbons (Fsp3) is 0.545. The highest BCUT2D eigenvalue weighted by molar-refractivity contribution is 6.37. The summed E-state index contributed by atoms with van der Waals surface area (Å²) in [5.41, 5.74) is 2.38. The highest BCUT2D eigenvalue weighted by atomic mass is 35.5. The average Bonchev–Trinajstić information content (AvgIpc) is 2.27. The third kappa shape index (κ3) is 4.49. The van der Waals surface area contributed by atoms with E-state index in [-0.39, 0.29) is 0 Å². The second-order valence-electron chi connectivity index (χ2n) is 4.46. The van der Waals surface area contributed by atoms with Crippen molar-refractivity contribution in [2.24, 2.45) is 11.8 Å². The van der Waals surface area contributed by atoms with Crippen molar-refractivity contribution in [3.63, 3.8) is 0 Å². The van der Waals surface area contributed by atoms with Crippen LogP contribution in [0, 0.1) is 5.92 Å². The van der Waals surface area contributed by atoms with Crippen molar-refractivity contribution in [2.45, 2.75) is 26.4 Å². The van der Waals surface area contributed by atoms with E-state index in [0.29, 0.717) is 40.6 Å². The van der Waals surface area contributed by atoms with E-state index in [1.165, 1.54) is 0 Å². The number of aliphatic hydroxyl groups excluding tert-OH is 1. The molecule has 1 heterocycles. The Labute approximate surface area is 117 Å². The van der Waals surface area contributed by atoms with Gasteiger partial charge in [0.2, 0.25) is 0 Å². The van der Waals surface area contributed by atoms with Crippen LogP contribution in [0.5, 0.6) is 0 Å². The maximum atomic E-state index is 9.75. The lowest BCUT2D eigenvalue weighted by Gasteiger charge is -2.15. The van der Waals surface area contributed by atoms with Gasteiger partial charge in [-0.3, -0.25) is 0 Å². The van der Waals surface area contributed by atoms with E-state index in [0.717, 1.165) is 0 Å². The fourth-order valence-electron chi connectivity index (χ4n) is 1.53. The summed E-state index contributed by atoms with van der Waals surface area (Å²) >= 11 is 11.9. The SMILES string of the molecule is CC(C)CC(O)CNc1nc(NN)c(Cl)cc1Cl. The number of nitrogen functional groups attached to an aromatic ring is 1. The molecule has 0 radical (unpaired) electrons. The molecule has 0 saturated carbocycles. The molecule has 0 aliphatic carbocycles. The number of aliphatic hydroxyl groups is 1. The van der Waals surface area contributed by atoms with E-state index in [4.69, 9.17) is 29.0 Å². The second kappa shape index (κ2) is 6.99. The van der Waals surface area contributed by atoms with Gasteiger partial charge >= 0.3 is 0 Å². The molecule has 0 bridgehead atoms. The molecule has 7 heteroatoms. The predicted octanol–water partition coefficient (Wildman–Crippen LogP) is 2.49. The number of anilines is 2. The first-order chi connectivity index (χ1) is 8.43. The summed E-state index contributed by atoms with van der Waals surface area (Å²) in [5, 5.41) is 13.5. The van der Waals surface area contributed by atoms with Crippen LogP contribution in [0.1, 0.15) is 20.3 Å². The quantitative estimate of drug-likeness (QED) is 0.478. The van der Waals surface area contributed by atoms with E-state index in [1.54, 1.807) is 6.07 Å². The molecule has 0 aliphatic rings. The second-order valence-corrected chi connectivity index (χ2v) is 5.27. The lowest BCUT2D eigenvalue weighted by Crippen LogP contribution is -2.22. The normalized spacial score (nSPS) is 12.6. The molecule has 18 heavy (non-hydrogen) atoms. The zero-order chi connectivity index (χ0) is 13.7. The van der Waals surface area contributed by atoms with Crippen molar-refractivity contribution >= 4 is 34.8 Å². The number of nitrogens with one attached hydrogen (secondary N) is 2. The van der Waals surface area contributed by atoms with Crippen LogP contribution >= 0.6 is 23.2 Å².